The Morgan fingerprint density at radius 3 is 0.897 bits per heavy atom. The lowest BCUT2D eigenvalue weighted by atomic mass is 10.0. The van der Waals surface area contributed by atoms with Gasteiger partial charge in [0, 0.05) is 12.8 Å². The SMILES string of the molecule is CCCCCCCCCCCCCCCCCCOc1ccc(C(CC(=O)CC(c2ccc(OCCCCCCCCCCCCCCCCCC)c(OC)c2)S(=O)(=O)[O-])S(=O)(=O)[O-])cc1OC. The highest BCUT2D eigenvalue weighted by atomic mass is 32.2. The van der Waals surface area contributed by atoms with Gasteiger partial charge in [-0.25, -0.2) is 16.8 Å². The summed E-state index contributed by atoms with van der Waals surface area (Å²) in [6.07, 6.45) is 38.7. The number of hydrogen-bond donors (Lipinski definition) is 0. The van der Waals surface area contributed by atoms with E-state index in [0.29, 0.717) is 24.7 Å². The van der Waals surface area contributed by atoms with Crippen LogP contribution in [0.4, 0.5) is 0 Å². The second kappa shape index (κ2) is 37.9. The zero-order valence-electron chi connectivity index (χ0n) is 42.9. The van der Waals surface area contributed by atoms with E-state index in [0.717, 1.165) is 38.5 Å². The Morgan fingerprint density at radius 1 is 0.412 bits per heavy atom. The van der Waals surface area contributed by atoms with Crippen LogP contribution in [-0.4, -0.2) is 59.2 Å². The van der Waals surface area contributed by atoms with Crippen molar-refractivity contribution >= 4 is 26.0 Å². The van der Waals surface area contributed by atoms with Crippen LogP contribution in [0.3, 0.4) is 0 Å². The number of ketones is 1. The Hall–Kier alpha value is -2.87. The molecule has 0 amide bonds. The van der Waals surface area contributed by atoms with Crippen molar-refractivity contribution in [3.63, 3.8) is 0 Å². The lowest BCUT2D eigenvalue weighted by Gasteiger charge is -2.24. The van der Waals surface area contributed by atoms with Crippen molar-refractivity contribution < 1.29 is 49.7 Å². The second-order valence-corrected chi connectivity index (χ2v) is 22.1. The molecule has 68 heavy (non-hydrogen) atoms. The first-order chi connectivity index (χ1) is 32.8. The average molecular weight is 993 g/mol. The smallest absolute Gasteiger partial charge is 0.161 e. The zero-order valence-corrected chi connectivity index (χ0v) is 44.5. The first-order valence-electron chi connectivity index (χ1n) is 26.9. The van der Waals surface area contributed by atoms with Crippen LogP contribution in [0, 0.1) is 0 Å². The highest BCUT2D eigenvalue weighted by Crippen LogP contribution is 2.38. The van der Waals surface area contributed by atoms with Gasteiger partial charge in [0.25, 0.3) is 0 Å². The highest BCUT2D eigenvalue weighted by Gasteiger charge is 2.29. The third-order valence-corrected chi connectivity index (χ3v) is 15.4. The van der Waals surface area contributed by atoms with E-state index in [2.05, 4.69) is 13.8 Å². The van der Waals surface area contributed by atoms with Gasteiger partial charge in [0.15, 0.2) is 23.0 Å². The van der Waals surface area contributed by atoms with E-state index in [1.54, 1.807) is 0 Å². The number of unbranched alkanes of at least 4 members (excludes halogenated alkanes) is 30. The van der Waals surface area contributed by atoms with Crippen LogP contribution in [-0.2, 0) is 25.0 Å². The van der Waals surface area contributed by atoms with E-state index in [1.165, 1.54) is 218 Å². The Morgan fingerprint density at radius 2 is 0.662 bits per heavy atom. The summed E-state index contributed by atoms with van der Waals surface area (Å²) in [5.41, 5.74) is -0.0111. The molecule has 2 aromatic rings. The summed E-state index contributed by atoms with van der Waals surface area (Å²) in [5, 5.41) is -3.69. The molecular formula is C55H92O11S2-2. The third-order valence-electron chi connectivity index (χ3n) is 13.2. The zero-order chi connectivity index (χ0) is 49.7. The Balaban J connectivity index is 1.80. The van der Waals surface area contributed by atoms with Gasteiger partial charge in [-0.05, 0) is 48.2 Å². The van der Waals surface area contributed by atoms with Crippen LogP contribution in [0.15, 0.2) is 36.4 Å². The Bertz CT molecular complexity index is 1690. The number of Topliss-reactive ketones (excluding diaryl/α,β-unsaturated/α-hetero) is 1. The van der Waals surface area contributed by atoms with Crippen LogP contribution in [0.1, 0.15) is 254 Å². The molecule has 0 radical (unpaired) electrons. The molecule has 0 saturated heterocycles. The van der Waals surface area contributed by atoms with Crippen molar-refractivity contribution in [2.45, 2.75) is 243 Å². The van der Waals surface area contributed by atoms with E-state index in [-0.39, 0.29) is 22.6 Å². The Labute approximate surface area is 414 Å². The molecule has 2 rings (SSSR count). The molecule has 13 heteroatoms. The number of hydrogen-bond acceptors (Lipinski definition) is 11. The van der Waals surface area contributed by atoms with Crippen molar-refractivity contribution in [1.82, 2.24) is 0 Å². The molecule has 0 aliphatic rings. The standard InChI is InChI=1S/C55H94O11S2/c1-5-7-9-11-13-15-17-19-21-23-25-27-29-31-33-35-41-65-50-39-37-47(43-52(50)63-3)54(67(57,58)59)45-49(56)46-55(68(60,61)62)48-38-40-51(53(44-48)64-4)66-42-36-34-32-30-28-26-24-22-20-18-16-14-12-10-8-6-2/h37-40,43-44,54-55H,5-36,41-42,45-46H2,1-4H3,(H,57,58,59)(H,60,61,62)/p-2. The number of ether oxygens (including phenoxy) is 4. The van der Waals surface area contributed by atoms with Crippen molar-refractivity contribution in [2.75, 3.05) is 27.4 Å². The van der Waals surface area contributed by atoms with E-state index in [1.807, 2.05) is 0 Å². The van der Waals surface area contributed by atoms with Gasteiger partial charge in [-0.2, -0.15) is 0 Å². The van der Waals surface area contributed by atoms with E-state index >= 15 is 0 Å². The fraction of sp³-hybridized carbons (Fsp3) is 0.764. The number of carbonyl (C=O) groups excluding carboxylic acids is 1. The lowest BCUT2D eigenvalue weighted by Crippen LogP contribution is -2.21. The maximum Gasteiger partial charge on any atom is 0.161 e. The third kappa shape index (κ3) is 28.1. The number of rotatable bonds is 46. The number of carbonyl (C=O) groups is 1. The van der Waals surface area contributed by atoms with E-state index in [9.17, 15) is 30.7 Å². The van der Waals surface area contributed by atoms with Gasteiger partial charge < -0.3 is 28.1 Å². The fourth-order valence-electron chi connectivity index (χ4n) is 8.94. The first-order valence-corrected chi connectivity index (χ1v) is 29.8. The molecule has 2 unspecified atom stereocenters. The van der Waals surface area contributed by atoms with Crippen LogP contribution in [0.5, 0.6) is 23.0 Å². The quantitative estimate of drug-likeness (QED) is 0.0457. The maximum absolute atomic E-state index is 13.4. The van der Waals surface area contributed by atoms with Gasteiger partial charge in [0.1, 0.15) is 26.0 Å². The molecule has 0 saturated carbocycles. The van der Waals surface area contributed by atoms with Crippen LogP contribution < -0.4 is 18.9 Å². The predicted octanol–water partition coefficient (Wildman–Crippen LogP) is 15.2. The minimum absolute atomic E-state index is 0.00555. The van der Waals surface area contributed by atoms with Crippen molar-refractivity contribution in [1.29, 1.82) is 0 Å². The predicted molar refractivity (Wildman–Crippen MR) is 275 cm³/mol. The molecule has 392 valence electrons. The average Bonchev–Trinajstić information content (AvgIpc) is 3.31. The largest absolute Gasteiger partial charge is 0.747 e. The summed E-state index contributed by atoms with van der Waals surface area (Å²) in [4.78, 5) is 13.4. The first kappa shape index (κ1) is 61.3. The van der Waals surface area contributed by atoms with Gasteiger partial charge in [0.2, 0.25) is 0 Å². The number of methoxy groups -OCH3 is 2. The summed E-state index contributed by atoms with van der Waals surface area (Å²) in [7, 11) is -7.43. The summed E-state index contributed by atoms with van der Waals surface area (Å²) >= 11 is 0. The molecule has 2 atom stereocenters. The molecule has 0 fully saturated rings. The lowest BCUT2D eigenvalue weighted by molar-refractivity contribution is -0.119. The van der Waals surface area contributed by atoms with Gasteiger partial charge in [-0.15, -0.1) is 0 Å². The molecule has 0 aliphatic carbocycles. The van der Waals surface area contributed by atoms with Gasteiger partial charge >= 0.3 is 0 Å². The Kier molecular flexibility index (Phi) is 34.1. The normalized spacial score (nSPS) is 12.8. The molecule has 0 bridgehead atoms. The molecule has 2 aromatic carbocycles. The summed E-state index contributed by atoms with van der Waals surface area (Å²) < 4.78 is 98.1. The molecular weight excluding hydrogens is 901 g/mol. The number of benzene rings is 2. The van der Waals surface area contributed by atoms with Gasteiger partial charge in [-0.3, -0.25) is 4.79 Å². The second-order valence-electron chi connectivity index (χ2n) is 19.0. The van der Waals surface area contributed by atoms with Crippen LogP contribution in [0.2, 0.25) is 0 Å². The summed E-state index contributed by atoms with van der Waals surface area (Å²) in [6, 6.07) is 8.49. The maximum atomic E-state index is 13.4. The van der Waals surface area contributed by atoms with E-state index in [4.69, 9.17) is 18.9 Å². The molecule has 11 nitrogen and oxygen atoms in total. The van der Waals surface area contributed by atoms with Gasteiger partial charge in [0.05, 0.1) is 37.9 Å². The molecule has 0 aromatic heterocycles. The molecule has 0 spiro atoms. The van der Waals surface area contributed by atoms with Crippen molar-refractivity contribution in [3.05, 3.63) is 47.5 Å². The minimum Gasteiger partial charge on any atom is -0.747 e. The van der Waals surface area contributed by atoms with Gasteiger partial charge in [-0.1, -0.05) is 219 Å². The summed E-state index contributed by atoms with van der Waals surface area (Å²) in [5.74, 6) is 0.252. The molecule has 0 N–H and O–H groups in total. The van der Waals surface area contributed by atoms with Crippen LogP contribution >= 0.6 is 0 Å². The topological polar surface area (TPSA) is 168 Å². The van der Waals surface area contributed by atoms with E-state index < -0.39 is 49.4 Å². The summed E-state index contributed by atoms with van der Waals surface area (Å²) in [6.45, 7) is 5.37. The minimum atomic E-state index is -5.11. The van der Waals surface area contributed by atoms with Crippen molar-refractivity contribution in [3.8, 4) is 23.0 Å². The van der Waals surface area contributed by atoms with Crippen molar-refractivity contribution in [2.24, 2.45) is 0 Å². The van der Waals surface area contributed by atoms with Crippen LogP contribution in [0.25, 0.3) is 0 Å². The molecule has 0 aliphatic heterocycles. The monoisotopic (exact) mass is 993 g/mol. The fourth-order valence-corrected chi connectivity index (χ4v) is 10.7. The highest BCUT2D eigenvalue weighted by molar-refractivity contribution is 7.86. The molecule has 0 heterocycles.